The SMILES string of the molecule is CC(c1ccc(F)cc1F)N1C2CCC1CC(N)C2. The Morgan fingerprint density at radius 3 is 2.42 bits per heavy atom. The van der Waals surface area contributed by atoms with Gasteiger partial charge in [0, 0.05) is 35.8 Å². The minimum absolute atomic E-state index is 0.00870. The fourth-order valence-corrected chi connectivity index (χ4v) is 3.89. The van der Waals surface area contributed by atoms with Gasteiger partial charge in [0.1, 0.15) is 11.6 Å². The number of piperidine rings is 1. The van der Waals surface area contributed by atoms with Gasteiger partial charge in [-0.25, -0.2) is 8.78 Å². The first-order chi connectivity index (χ1) is 9.06. The van der Waals surface area contributed by atoms with Gasteiger partial charge in [-0.05, 0) is 38.7 Å². The van der Waals surface area contributed by atoms with Crippen molar-refractivity contribution in [3.05, 3.63) is 35.4 Å². The van der Waals surface area contributed by atoms with E-state index in [-0.39, 0.29) is 12.1 Å². The van der Waals surface area contributed by atoms with Gasteiger partial charge in [-0.1, -0.05) is 6.07 Å². The fourth-order valence-electron chi connectivity index (χ4n) is 3.89. The molecule has 0 saturated carbocycles. The van der Waals surface area contributed by atoms with Gasteiger partial charge in [-0.2, -0.15) is 0 Å². The zero-order chi connectivity index (χ0) is 13.6. The highest BCUT2D eigenvalue weighted by Gasteiger charge is 2.42. The van der Waals surface area contributed by atoms with Crippen LogP contribution in [0.2, 0.25) is 0 Å². The van der Waals surface area contributed by atoms with Crippen molar-refractivity contribution in [2.75, 3.05) is 0 Å². The summed E-state index contributed by atoms with van der Waals surface area (Å²) in [7, 11) is 0. The molecular weight excluding hydrogens is 246 g/mol. The number of nitrogens with two attached hydrogens (primary N) is 1. The number of nitrogens with zero attached hydrogens (tertiary/aromatic N) is 1. The van der Waals surface area contributed by atoms with Gasteiger partial charge in [0.25, 0.3) is 0 Å². The van der Waals surface area contributed by atoms with Crippen molar-refractivity contribution in [1.82, 2.24) is 4.90 Å². The summed E-state index contributed by atoms with van der Waals surface area (Å²) in [4.78, 5) is 2.39. The average molecular weight is 266 g/mol. The zero-order valence-electron chi connectivity index (χ0n) is 11.2. The summed E-state index contributed by atoms with van der Waals surface area (Å²) >= 11 is 0. The van der Waals surface area contributed by atoms with Crippen molar-refractivity contribution in [2.24, 2.45) is 5.73 Å². The highest BCUT2D eigenvalue weighted by atomic mass is 19.1. The maximum Gasteiger partial charge on any atom is 0.130 e. The molecule has 19 heavy (non-hydrogen) atoms. The third kappa shape index (κ3) is 2.28. The van der Waals surface area contributed by atoms with Gasteiger partial charge >= 0.3 is 0 Å². The molecule has 2 N–H and O–H groups in total. The molecule has 2 heterocycles. The Morgan fingerprint density at radius 2 is 1.84 bits per heavy atom. The molecule has 2 aliphatic rings. The molecule has 0 aromatic heterocycles. The van der Waals surface area contributed by atoms with Gasteiger partial charge in [0.2, 0.25) is 0 Å². The number of hydrogen-bond donors (Lipinski definition) is 1. The fraction of sp³-hybridized carbons (Fsp3) is 0.600. The molecule has 2 nitrogen and oxygen atoms in total. The molecule has 2 bridgehead atoms. The first-order valence-electron chi connectivity index (χ1n) is 7.04. The van der Waals surface area contributed by atoms with E-state index in [1.54, 1.807) is 6.07 Å². The third-order valence-corrected chi connectivity index (χ3v) is 4.69. The monoisotopic (exact) mass is 266 g/mol. The van der Waals surface area contributed by atoms with Crippen molar-refractivity contribution in [2.45, 2.75) is 56.8 Å². The van der Waals surface area contributed by atoms with Gasteiger partial charge in [-0.15, -0.1) is 0 Å². The largest absolute Gasteiger partial charge is 0.328 e. The molecule has 3 atom stereocenters. The number of fused-ring (bicyclic) bond motifs is 2. The maximum atomic E-state index is 13.9. The molecule has 2 saturated heterocycles. The van der Waals surface area contributed by atoms with E-state index in [0.29, 0.717) is 17.6 Å². The summed E-state index contributed by atoms with van der Waals surface area (Å²) in [6.45, 7) is 2.01. The Kier molecular flexibility index (Phi) is 3.31. The number of hydrogen-bond acceptors (Lipinski definition) is 2. The summed E-state index contributed by atoms with van der Waals surface area (Å²) in [5.41, 5.74) is 6.65. The van der Waals surface area contributed by atoms with Crippen molar-refractivity contribution in [3.63, 3.8) is 0 Å². The maximum absolute atomic E-state index is 13.9. The summed E-state index contributed by atoms with van der Waals surface area (Å²) in [6.07, 6.45) is 4.27. The molecule has 2 aliphatic heterocycles. The van der Waals surface area contributed by atoms with Crippen molar-refractivity contribution < 1.29 is 8.78 Å². The predicted octanol–water partition coefficient (Wildman–Crippen LogP) is 2.98. The first kappa shape index (κ1) is 13.0. The Bertz CT molecular complexity index is 463. The van der Waals surface area contributed by atoms with Crippen LogP contribution in [0, 0.1) is 11.6 Å². The smallest absolute Gasteiger partial charge is 0.130 e. The van der Waals surface area contributed by atoms with Crippen LogP contribution in [0.5, 0.6) is 0 Å². The van der Waals surface area contributed by atoms with Gasteiger partial charge in [-0.3, -0.25) is 4.90 Å². The Labute approximate surface area is 112 Å². The van der Waals surface area contributed by atoms with Crippen LogP contribution < -0.4 is 5.73 Å². The van der Waals surface area contributed by atoms with Gasteiger partial charge < -0.3 is 5.73 Å². The van der Waals surface area contributed by atoms with E-state index in [9.17, 15) is 8.78 Å². The van der Waals surface area contributed by atoms with E-state index in [0.717, 1.165) is 31.7 Å². The lowest BCUT2D eigenvalue weighted by Gasteiger charge is -2.41. The highest BCUT2D eigenvalue weighted by Crippen LogP contribution is 2.41. The standard InChI is InChI=1S/C15H20F2N2/c1-9(14-5-2-10(16)6-15(14)17)19-12-3-4-13(19)8-11(18)7-12/h2,5-6,9,11-13H,3-4,7-8,18H2,1H3. The molecule has 0 aliphatic carbocycles. The van der Waals surface area contributed by atoms with E-state index in [2.05, 4.69) is 4.90 Å². The van der Waals surface area contributed by atoms with Crippen LogP contribution in [0.1, 0.15) is 44.2 Å². The van der Waals surface area contributed by atoms with Gasteiger partial charge in [0.05, 0.1) is 0 Å². The molecule has 3 rings (SSSR count). The molecular formula is C15H20F2N2. The molecule has 104 valence electrons. The van der Waals surface area contributed by atoms with E-state index in [4.69, 9.17) is 5.73 Å². The Hall–Kier alpha value is -1.00. The highest BCUT2D eigenvalue weighted by molar-refractivity contribution is 5.23. The molecule has 4 heteroatoms. The van der Waals surface area contributed by atoms with Crippen LogP contribution in [0.3, 0.4) is 0 Å². The molecule has 1 aromatic carbocycles. The second-order valence-corrected chi connectivity index (χ2v) is 5.91. The minimum Gasteiger partial charge on any atom is -0.328 e. The molecule has 0 amide bonds. The van der Waals surface area contributed by atoms with Crippen molar-refractivity contribution in [1.29, 1.82) is 0 Å². The third-order valence-electron chi connectivity index (χ3n) is 4.69. The normalized spacial score (nSPS) is 32.5. The van der Waals surface area contributed by atoms with Crippen LogP contribution in [-0.2, 0) is 0 Å². The first-order valence-corrected chi connectivity index (χ1v) is 7.04. The minimum atomic E-state index is -0.517. The lowest BCUT2D eigenvalue weighted by molar-refractivity contribution is 0.0836. The Balaban J connectivity index is 1.86. The molecule has 0 radical (unpaired) electrons. The summed E-state index contributed by atoms with van der Waals surface area (Å²) < 4.78 is 26.9. The number of halogens is 2. The second kappa shape index (κ2) is 4.84. The van der Waals surface area contributed by atoms with Gasteiger partial charge in [0.15, 0.2) is 0 Å². The van der Waals surface area contributed by atoms with Crippen molar-refractivity contribution >= 4 is 0 Å². The van der Waals surface area contributed by atoms with Crippen LogP contribution in [-0.4, -0.2) is 23.0 Å². The van der Waals surface area contributed by atoms with E-state index in [1.165, 1.54) is 6.07 Å². The average Bonchev–Trinajstić information content (AvgIpc) is 2.61. The van der Waals surface area contributed by atoms with Crippen LogP contribution in [0.15, 0.2) is 18.2 Å². The summed E-state index contributed by atoms with van der Waals surface area (Å²) in [5, 5.41) is 0. The van der Waals surface area contributed by atoms with Crippen molar-refractivity contribution in [3.8, 4) is 0 Å². The van der Waals surface area contributed by atoms with Crippen LogP contribution in [0.25, 0.3) is 0 Å². The molecule has 0 spiro atoms. The van der Waals surface area contributed by atoms with E-state index < -0.39 is 11.6 Å². The predicted molar refractivity (Wildman–Crippen MR) is 70.6 cm³/mol. The van der Waals surface area contributed by atoms with E-state index >= 15 is 0 Å². The quantitative estimate of drug-likeness (QED) is 0.891. The lowest BCUT2D eigenvalue weighted by atomic mass is 9.94. The summed E-state index contributed by atoms with van der Waals surface area (Å²) in [6, 6.07) is 5.06. The second-order valence-electron chi connectivity index (χ2n) is 5.91. The lowest BCUT2D eigenvalue weighted by Crippen LogP contribution is -2.48. The topological polar surface area (TPSA) is 29.3 Å². The number of benzene rings is 1. The summed E-state index contributed by atoms with van der Waals surface area (Å²) in [5.74, 6) is -0.959. The van der Waals surface area contributed by atoms with Crippen LogP contribution in [0.4, 0.5) is 8.78 Å². The zero-order valence-corrected chi connectivity index (χ0v) is 11.2. The number of rotatable bonds is 2. The molecule has 1 aromatic rings. The molecule has 3 unspecified atom stereocenters. The van der Waals surface area contributed by atoms with E-state index in [1.807, 2.05) is 6.92 Å². The van der Waals surface area contributed by atoms with Crippen LogP contribution >= 0.6 is 0 Å². The molecule has 2 fully saturated rings. The Morgan fingerprint density at radius 1 is 1.21 bits per heavy atom.